The molecule has 2 aromatic carbocycles. The molecule has 2 aromatic rings. The quantitative estimate of drug-likeness (QED) is 0.652. The molecule has 0 heterocycles. The Hall–Kier alpha value is -0.960. The number of fused-ring (bicyclic) bond motifs is 1. The molecule has 0 atom stereocenters. The van der Waals surface area contributed by atoms with Crippen LogP contribution in [0.3, 0.4) is 0 Å². The molecule has 0 saturated carbocycles. The molecule has 16 heavy (non-hydrogen) atoms. The van der Waals surface area contributed by atoms with Gasteiger partial charge in [0, 0.05) is 17.6 Å². The van der Waals surface area contributed by atoms with Gasteiger partial charge in [0.25, 0.3) is 0 Å². The van der Waals surface area contributed by atoms with Gasteiger partial charge in [0.2, 0.25) is 4.46 Å². The Morgan fingerprint density at radius 1 is 1.06 bits per heavy atom. The van der Waals surface area contributed by atoms with Crippen molar-refractivity contribution in [3.05, 3.63) is 42.5 Å². The first-order valence-corrected chi connectivity index (χ1v) is 5.72. The second kappa shape index (κ2) is 4.50. The average Bonchev–Trinajstić information content (AvgIpc) is 2.29. The van der Waals surface area contributed by atoms with E-state index in [4.69, 9.17) is 28.9 Å². The largest absolute Gasteiger partial charge is 0.353 e. The van der Waals surface area contributed by atoms with Gasteiger partial charge >= 0.3 is 0 Å². The normalized spacial score (nSPS) is 11.7. The summed E-state index contributed by atoms with van der Waals surface area (Å²) in [5.74, 6) is 0. The van der Waals surface area contributed by atoms with Gasteiger partial charge in [0.1, 0.15) is 0 Å². The van der Waals surface area contributed by atoms with Crippen molar-refractivity contribution in [3.8, 4) is 0 Å². The highest BCUT2D eigenvalue weighted by atomic mass is 35.5. The van der Waals surface area contributed by atoms with E-state index in [1.807, 2.05) is 42.5 Å². The third-order valence-corrected chi connectivity index (χ3v) is 2.86. The standard InChI is InChI=1S/C12H12Cl2N2/c13-12(14,8-15)16-11-7-3-5-9-4-1-2-6-10(9)11/h1-7,16H,8,15H2. The van der Waals surface area contributed by atoms with Gasteiger partial charge in [-0.15, -0.1) is 0 Å². The summed E-state index contributed by atoms with van der Waals surface area (Å²) < 4.78 is -1.13. The third-order valence-electron chi connectivity index (χ3n) is 2.36. The number of nitrogens with two attached hydrogens (primary N) is 1. The monoisotopic (exact) mass is 254 g/mol. The second-order valence-corrected chi connectivity index (χ2v) is 5.04. The Bertz CT molecular complexity index is 492. The lowest BCUT2D eigenvalue weighted by Gasteiger charge is -2.21. The van der Waals surface area contributed by atoms with E-state index in [1.165, 1.54) is 0 Å². The van der Waals surface area contributed by atoms with Crippen molar-refractivity contribution in [2.24, 2.45) is 5.73 Å². The molecule has 0 aliphatic rings. The van der Waals surface area contributed by atoms with Gasteiger partial charge in [-0.25, -0.2) is 0 Å². The number of hydrogen-bond donors (Lipinski definition) is 2. The van der Waals surface area contributed by atoms with Crippen molar-refractivity contribution >= 4 is 39.7 Å². The predicted molar refractivity (Wildman–Crippen MR) is 71.1 cm³/mol. The van der Waals surface area contributed by atoms with Crippen LogP contribution in [0.25, 0.3) is 10.8 Å². The maximum Gasteiger partial charge on any atom is 0.200 e. The first kappa shape index (κ1) is 11.5. The maximum atomic E-state index is 5.98. The first-order chi connectivity index (χ1) is 7.62. The molecule has 4 heteroatoms. The fourth-order valence-corrected chi connectivity index (χ4v) is 1.79. The van der Waals surface area contributed by atoms with Gasteiger partial charge < -0.3 is 11.1 Å². The van der Waals surface area contributed by atoms with E-state index < -0.39 is 4.46 Å². The maximum absolute atomic E-state index is 5.98. The van der Waals surface area contributed by atoms with Crippen molar-refractivity contribution in [1.82, 2.24) is 0 Å². The number of benzene rings is 2. The first-order valence-electron chi connectivity index (χ1n) is 4.96. The number of rotatable bonds is 3. The number of halogens is 2. The van der Waals surface area contributed by atoms with E-state index in [2.05, 4.69) is 5.32 Å². The van der Waals surface area contributed by atoms with Crippen LogP contribution in [0.4, 0.5) is 5.69 Å². The third kappa shape index (κ3) is 2.40. The van der Waals surface area contributed by atoms with E-state index in [9.17, 15) is 0 Å². The molecule has 84 valence electrons. The molecule has 0 amide bonds. The molecule has 0 radical (unpaired) electrons. The van der Waals surface area contributed by atoms with E-state index in [-0.39, 0.29) is 6.54 Å². The summed E-state index contributed by atoms with van der Waals surface area (Å²) in [5, 5.41) is 5.22. The topological polar surface area (TPSA) is 38.0 Å². The SMILES string of the molecule is NCC(Cl)(Cl)Nc1cccc2ccccc12. The van der Waals surface area contributed by atoms with E-state index in [0.29, 0.717) is 0 Å². The van der Waals surface area contributed by atoms with Gasteiger partial charge in [-0.05, 0) is 11.5 Å². The van der Waals surface area contributed by atoms with Crippen LogP contribution in [0.2, 0.25) is 0 Å². The highest BCUT2D eigenvalue weighted by Crippen LogP contribution is 2.28. The molecule has 0 aromatic heterocycles. The highest BCUT2D eigenvalue weighted by molar-refractivity contribution is 6.49. The van der Waals surface area contributed by atoms with E-state index in [0.717, 1.165) is 16.5 Å². The van der Waals surface area contributed by atoms with Crippen molar-refractivity contribution in [3.63, 3.8) is 0 Å². The van der Waals surface area contributed by atoms with E-state index >= 15 is 0 Å². The average molecular weight is 255 g/mol. The predicted octanol–water partition coefficient (Wildman–Crippen LogP) is 3.34. The van der Waals surface area contributed by atoms with Crippen LogP contribution < -0.4 is 11.1 Å². The molecule has 0 aliphatic heterocycles. The fraction of sp³-hybridized carbons (Fsp3) is 0.167. The minimum absolute atomic E-state index is 0.138. The van der Waals surface area contributed by atoms with Crippen LogP contribution in [0.15, 0.2) is 42.5 Å². The second-order valence-electron chi connectivity index (χ2n) is 3.56. The number of hydrogen-bond acceptors (Lipinski definition) is 2. The molecule has 3 N–H and O–H groups in total. The van der Waals surface area contributed by atoms with Gasteiger partial charge in [-0.3, -0.25) is 0 Å². The molecule has 0 spiro atoms. The summed E-state index contributed by atoms with van der Waals surface area (Å²) in [5.41, 5.74) is 6.35. The summed E-state index contributed by atoms with van der Waals surface area (Å²) in [7, 11) is 0. The summed E-state index contributed by atoms with van der Waals surface area (Å²) in [6.07, 6.45) is 0. The number of anilines is 1. The number of alkyl halides is 2. The molecule has 0 fully saturated rings. The van der Waals surface area contributed by atoms with Crippen LogP contribution in [0.5, 0.6) is 0 Å². The van der Waals surface area contributed by atoms with Crippen molar-refractivity contribution in [1.29, 1.82) is 0 Å². The molecule has 0 aliphatic carbocycles. The summed E-state index contributed by atoms with van der Waals surface area (Å²) >= 11 is 12.0. The van der Waals surface area contributed by atoms with Crippen molar-refractivity contribution in [2.45, 2.75) is 4.46 Å². The van der Waals surface area contributed by atoms with Crippen LogP contribution in [0, 0.1) is 0 Å². The van der Waals surface area contributed by atoms with Crippen molar-refractivity contribution in [2.75, 3.05) is 11.9 Å². The van der Waals surface area contributed by atoms with Crippen LogP contribution in [0.1, 0.15) is 0 Å². The minimum atomic E-state index is -1.13. The lowest BCUT2D eigenvalue weighted by atomic mass is 10.1. The van der Waals surface area contributed by atoms with Gasteiger partial charge in [0.15, 0.2) is 0 Å². The minimum Gasteiger partial charge on any atom is -0.353 e. The Morgan fingerprint density at radius 2 is 1.75 bits per heavy atom. The number of nitrogens with one attached hydrogen (secondary N) is 1. The van der Waals surface area contributed by atoms with E-state index in [1.54, 1.807) is 0 Å². The molecule has 2 rings (SSSR count). The smallest absolute Gasteiger partial charge is 0.200 e. The zero-order valence-electron chi connectivity index (χ0n) is 8.58. The molecule has 0 unspecified atom stereocenters. The van der Waals surface area contributed by atoms with Crippen LogP contribution >= 0.6 is 23.2 Å². The van der Waals surface area contributed by atoms with Gasteiger partial charge in [0.05, 0.1) is 0 Å². The zero-order valence-corrected chi connectivity index (χ0v) is 10.1. The lowest BCUT2D eigenvalue weighted by Crippen LogP contribution is -2.33. The molecule has 0 bridgehead atoms. The fourth-order valence-electron chi connectivity index (χ4n) is 1.58. The van der Waals surface area contributed by atoms with Gasteiger partial charge in [-0.2, -0.15) is 0 Å². The Labute approximate surface area is 104 Å². The highest BCUT2D eigenvalue weighted by Gasteiger charge is 2.21. The van der Waals surface area contributed by atoms with Gasteiger partial charge in [-0.1, -0.05) is 59.6 Å². The Morgan fingerprint density at radius 3 is 2.50 bits per heavy atom. The summed E-state index contributed by atoms with van der Waals surface area (Å²) in [6, 6.07) is 13.9. The molecule has 0 saturated heterocycles. The van der Waals surface area contributed by atoms with Crippen molar-refractivity contribution < 1.29 is 0 Å². The zero-order chi connectivity index (χ0) is 11.6. The molecular formula is C12H12Cl2N2. The molecule has 2 nitrogen and oxygen atoms in total. The summed E-state index contributed by atoms with van der Waals surface area (Å²) in [6.45, 7) is 0.138. The Balaban J connectivity index is 2.45. The van der Waals surface area contributed by atoms with Crippen LogP contribution in [-0.2, 0) is 0 Å². The lowest BCUT2D eigenvalue weighted by molar-refractivity contribution is 0.883. The summed E-state index contributed by atoms with van der Waals surface area (Å²) in [4.78, 5) is 0. The van der Waals surface area contributed by atoms with Crippen LogP contribution in [-0.4, -0.2) is 11.0 Å². The Kier molecular flexibility index (Phi) is 3.24. The molecular weight excluding hydrogens is 243 g/mol.